The molecule has 3 heterocycles. The van der Waals surface area contributed by atoms with Crippen molar-refractivity contribution in [1.29, 1.82) is 0 Å². The van der Waals surface area contributed by atoms with Crippen molar-refractivity contribution in [3.8, 4) is 0 Å². The molecule has 2 aliphatic rings. The average molecular weight is 675 g/mol. The van der Waals surface area contributed by atoms with E-state index in [4.69, 9.17) is 17.3 Å². The van der Waals surface area contributed by atoms with Gasteiger partial charge in [-0.05, 0) is 61.6 Å². The molecular formula is C29H32ClF5N6O3S. The zero-order chi connectivity index (χ0) is 32.7. The van der Waals surface area contributed by atoms with Gasteiger partial charge >= 0.3 is 6.18 Å². The molecule has 16 heteroatoms. The van der Waals surface area contributed by atoms with Crippen LogP contribution in [0.4, 0.5) is 27.6 Å². The van der Waals surface area contributed by atoms with Gasteiger partial charge < -0.3 is 16.4 Å². The minimum absolute atomic E-state index is 0.0421. The number of amides is 1. The third kappa shape index (κ3) is 7.17. The number of hydrogen-bond acceptors (Lipinski definition) is 6. The maximum Gasteiger partial charge on any atom is 0.435 e. The third-order valence-electron chi connectivity index (χ3n) is 8.36. The summed E-state index contributed by atoms with van der Waals surface area (Å²) in [5.41, 5.74) is 5.26. The molecule has 0 saturated carbocycles. The van der Waals surface area contributed by atoms with E-state index in [-0.39, 0.29) is 52.2 Å². The van der Waals surface area contributed by atoms with Gasteiger partial charge in [0, 0.05) is 49.2 Å². The molecule has 0 radical (unpaired) electrons. The molecule has 0 spiro atoms. The third-order valence-corrected chi connectivity index (χ3v) is 10.6. The molecule has 2 fully saturated rings. The molecule has 2 bridgehead atoms. The number of aryl methyl sites for hydroxylation is 1. The Bertz CT molecular complexity index is 1680. The number of carbonyl (C=O) groups excluding carboxylic acids is 1. The Balaban J connectivity index is 1.41. The van der Waals surface area contributed by atoms with Gasteiger partial charge in [-0.2, -0.15) is 22.6 Å². The van der Waals surface area contributed by atoms with Crippen molar-refractivity contribution in [2.24, 2.45) is 12.8 Å². The molecule has 2 saturated heterocycles. The number of halogens is 6. The highest BCUT2D eigenvalue weighted by atomic mass is 35.5. The van der Waals surface area contributed by atoms with Gasteiger partial charge in [-0.25, -0.2) is 17.2 Å². The first-order valence-electron chi connectivity index (χ1n) is 14.3. The zero-order valence-corrected chi connectivity index (χ0v) is 25.7. The van der Waals surface area contributed by atoms with Crippen LogP contribution in [-0.2, 0) is 34.5 Å². The summed E-state index contributed by atoms with van der Waals surface area (Å²) in [5, 5.41) is 9.22. The Morgan fingerprint density at radius 3 is 2.64 bits per heavy atom. The van der Waals surface area contributed by atoms with Crippen molar-refractivity contribution in [2.45, 2.75) is 55.9 Å². The quantitative estimate of drug-likeness (QED) is 0.309. The molecule has 0 aliphatic carbocycles. The van der Waals surface area contributed by atoms with Gasteiger partial charge in [0.05, 0.1) is 22.7 Å². The van der Waals surface area contributed by atoms with Crippen molar-refractivity contribution in [3.05, 3.63) is 81.6 Å². The molecule has 1 aromatic heterocycles. The summed E-state index contributed by atoms with van der Waals surface area (Å²) < 4.78 is 98.2. The minimum atomic E-state index is -4.80. The van der Waals surface area contributed by atoms with E-state index in [0.717, 1.165) is 23.2 Å². The fourth-order valence-corrected chi connectivity index (χ4v) is 7.96. The number of hydrogen-bond donors (Lipinski definition) is 3. The molecule has 1 unspecified atom stereocenters. The van der Waals surface area contributed by atoms with Crippen molar-refractivity contribution in [1.82, 2.24) is 19.4 Å². The fraction of sp³-hybridized carbons (Fsp3) is 0.448. The lowest BCUT2D eigenvalue weighted by molar-refractivity contribution is -0.141. The SMILES string of the molecule is Cn1nc(C(F)(F)F)cc1[C@H](c1ccc(Cl)c(F)c1)[C@H](N)C(=O)Nc1cccc(F)c1CC[C@H]1CN[C@@H]2CCCS(=O)(=O)N1C2. The monoisotopic (exact) mass is 674 g/mol. The van der Waals surface area contributed by atoms with E-state index in [1.807, 2.05) is 0 Å². The van der Waals surface area contributed by atoms with Gasteiger partial charge in [-0.15, -0.1) is 0 Å². The van der Waals surface area contributed by atoms with Gasteiger partial charge in [0.25, 0.3) is 0 Å². The Kier molecular flexibility index (Phi) is 9.57. The number of nitrogens with one attached hydrogen (secondary N) is 2. The van der Waals surface area contributed by atoms with Crippen LogP contribution in [-0.4, -0.2) is 65.4 Å². The van der Waals surface area contributed by atoms with Crippen LogP contribution in [0.15, 0.2) is 42.5 Å². The number of benzene rings is 2. The van der Waals surface area contributed by atoms with Gasteiger partial charge in [0.2, 0.25) is 15.9 Å². The summed E-state index contributed by atoms with van der Waals surface area (Å²) in [5.74, 6) is -3.65. The maximum atomic E-state index is 15.2. The number of rotatable bonds is 8. The van der Waals surface area contributed by atoms with Gasteiger partial charge in [-0.1, -0.05) is 23.7 Å². The summed E-state index contributed by atoms with van der Waals surface area (Å²) in [6.45, 7) is 0.730. The topological polar surface area (TPSA) is 122 Å². The maximum absolute atomic E-state index is 15.2. The van der Waals surface area contributed by atoms with Crippen LogP contribution in [0.3, 0.4) is 0 Å². The second-order valence-electron chi connectivity index (χ2n) is 11.3. The van der Waals surface area contributed by atoms with Crippen molar-refractivity contribution in [3.63, 3.8) is 0 Å². The number of nitrogens with zero attached hydrogens (tertiary/aromatic N) is 3. The summed E-state index contributed by atoms with van der Waals surface area (Å²) in [7, 11) is -2.23. The van der Waals surface area contributed by atoms with Crippen LogP contribution >= 0.6 is 11.6 Å². The molecule has 3 aromatic rings. The van der Waals surface area contributed by atoms with E-state index >= 15 is 4.39 Å². The van der Waals surface area contributed by atoms with E-state index in [2.05, 4.69) is 15.7 Å². The number of carbonyl (C=O) groups is 1. The van der Waals surface area contributed by atoms with Crippen LogP contribution in [0, 0.1) is 11.6 Å². The van der Waals surface area contributed by atoms with Crippen LogP contribution in [0.25, 0.3) is 0 Å². The summed E-state index contributed by atoms with van der Waals surface area (Å²) in [6.07, 6.45) is -3.17. The fourth-order valence-electron chi connectivity index (χ4n) is 6.03. The number of piperazine rings is 1. The van der Waals surface area contributed by atoms with E-state index in [0.29, 0.717) is 19.5 Å². The minimum Gasteiger partial charge on any atom is -0.324 e. The Labute approximate surface area is 262 Å². The van der Waals surface area contributed by atoms with E-state index in [1.54, 1.807) is 0 Å². The Hall–Kier alpha value is -3.11. The highest BCUT2D eigenvalue weighted by Crippen LogP contribution is 2.35. The second-order valence-corrected chi connectivity index (χ2v) is 13.8. The first-order valence-corrected chi connectivity index (χ1v) is 16.3. The smallest absolute Gasteiger partial charge is 0.324 e. The molecular weight excluding hydrogens is 643 g/mol. The number of anilines is 1. The molecule has 5 atom stereocenters. The lowest BCUT2D eigenvalue weighted by Crippen LogP contribution is -2.57. The van der Waals surface area contributed by atoms with E-state index in [1.165, 1.54) is 41.7 Å². The molecule has 2 aliphatic heterocycles. The van der Waals surface area contributed by atoms with Crippen LogP contribution in [0.1, 0.15) is 47.7 Å². The average Bonchev–Trinajstić information content (AvgIpc) is 3.31. The number of sulfonamides is 1. The van der Waals surface area contributed by atoms with Crippen molar-refractivity contribution < 1.29 is 35.2 Å². The van der Waals surface area contributed by atoms with Crippen LogP contribution in [0.5, 0.6) is 0 Å². The van der Waals surface area contributed by atoms with Gasteiger partial charge in [0.15, 0.2) is 5.69 Å². The molecule has 45 heavy (non-hydrogen) atoms. The first kappa shape index (κ1) is 33.3. The molecule has 1 amide bonds. The van der Waals surface area contributed by atoms with Crippen molar-refractivity contribution >= 4 is 33.2 Å². The lowest BCUT2D eigenvalue weighted by Gasteiger charge is -2.37. The van der Waals surface area contributed by atoms with Crippen LogP contribution in [0.2, 0.25) is 5.02 Å². The number of aromatic nitrogens is 2. The standard InChI is InChI=1S/C29H32ClF5N6O3S/c1-40-24(13-25(39-40)29(33,34)35)26(16-7-10-20(30)22(32)12-16)27(36)28(42)38-23-6-2-5-21(31)19(23)9-8-18-14-37-17-4-3-11-45(43,44)41(18)15-17/h2,5-7,10,12-13,17-18,26-27,37H,3-4,8-9,11,14-15,36H2,1H3,(H,38,42)/t17-,18+,26+,27+/m1/s1. The van der Waals surface area contributed by atoms with E-state index in [9.17, 15) is 30.8 Å². The summed E-state index contributed by atoms with van der Waals surface area (Å²) >= 11 is 5.82. The van der Waals surface area contributed by atoms with E-state index < -0.39 is 57.4 Å². The number of alkyl halides is 3. The summed E-state index contributed by atoms with van der Waals surface area (Å²) in [4.78, 5) is 13.6. The molecule has 244 valence electrons. The lowest BCUT2D eigenvalue weighted by atomic mass is 9.87. The summed E-state index contributed by atoms with van der Waals surface area (Å²) in [6, 6.07) is 6.32. The second kappa shape index (κ2) is 12.9. The zero-order valence-electron chi connectivity index (χ0n) is 24.1. The first-order chi connectivity index (χ1) is 21.2. The molecule has 9 nitrogen and oxygen atoms in total. The molecule has 5 rings (SSSR count). The highest BCUT2D eigenvalue weighted by Gasteiger charge is 2.39. The Morgan fingerprint density at radius 2 is 1.96 bits per heavy atom. The predicted octanol–water partition coefficient (Wildman–Crippen LogP) is 4.17. The van der Waals surface area contributed by atoms with Crippen molar-refractivity contribution in [2.75, 3.05) is 24.2 Å². The molecule has 4 N–H and O–H groups in total. The Morgan fingerprint density at radius 1 is 1.20 bits per heavy atom. The largest absolute Gasteiger partial charge is 0.435 e. The number of fused-ring (bicyclic) bond motifs is 2. The van der Waals surface area contributed by atoms with Gasteiger partial charge in [0.1, 0.15) is 11.6 Å². The predicted molar refractivity (Wildman–Crippen MR) is 158 cm³/mol. The highest BCUT2D eigenvalue weighted by molar-refractivity contribution is 7.89. The molecule has 2 aromatic carbocycles. The number of nitrogens with two attached hydrogens (primary N) is 1. The van der Waals surface area contributed by atoms with Crippen LogP contribution < -0.4 is 16.4 Å². The van der Waals surface area contributed by atoms with Gasteiger partial charge in [-0.3, -0.25) is 9.48 Å². The normalized spacial score (nSPS) is 22.8.